The van der Waals surface area contributed by atoms with E-state index in [9.17, 15) is 9.59 Å². The second kappa shape index (κ2) is 7.75. The molecule has 144 valence electrons. The normalized spacial score (nSPS) is 15.7. The van der Waals surface area contributed by atoms with Gasteiger partial charge in [-0.3, -0.25) is 14.2 Å². The second-order valence-electron chi connectivity index (χ2n) is 6.90. The van der Waals surface area contributed by atoms with Gasteiger partial charge in [-0.05, 0) is 36.8 Å². The number of aryl methyl sites for hydroxylation is 2. The lowest BCUT2D eigenvalue weighted by Crippen LogP contribution is -2.33. The molecule has 0 radical (unpaired) electrons. The van der Waals surface area contributed by atoms with Gasteiger partial charge in [0, 0.05) is 29.4 Å². The number of amides is 1. The minimum Gasteiger partial charge on any atom is -0.493 e. The van der Waals surface area contributed by atoms with Crippen LogP contribution in [0.4, 0.5) is 0 Å². The Morgan fingerprint density at radius 1 is 1.36 bits per heavy atom. The Morgan fingerprint density at radius 2 is 2.21 bits per heavy atom. The number of hydrogen-bond acceptors (Lipinski definition) is 4. The number of nitrogens with zero attached hydrogens (tertiary/aromatic N) is 2. The first kappa shape index (κ1) is 18.7. The summed E-state index contributed by atoms with van der Waals surface area (Å²) in [5, 5.41) is 3.64. The van der Waals surface area contributed by atoms with E-state index in [-0.39, 0.29) is 30.5 Å². The minimum atomic E-state index is -0.123. The number of ether oxygens (including phenoxy) is 1. The number of fused-ring (bicyclic) bond motifs is 2. The van der Waals surface area contributed by atoms with Gasteiger partial charge in [0.2, 0.25) is 5.91 Å². The van der Waals surface area contributed by atoms with Crippen LogP contribution in [0, 0.1) is 6.92 Å². The predicted molar refractivity (Wildman–Crippen MR) is 110 cm³/mol. The Hall–Kier alpha value is -2.67. The van der Waals surface area contributed by atoms with Crippen LogP contribution in [0.5, 0.6) is 5.75 Å². The molecule has 0 fully saturated rings. The Kier molecular flexibility index (Phi) is 5.17. The maximum atomic E-state index is 12.7. The Morgan fingerprint density at radius 3 is 3.07 bits per heavy atom. The number of nitrogens with one attached hydrogen (secondary N) is 1. The highest BCUT2D eigenvalue weighted by atomic mass is 79.9. The van der Waals surface area contributed by atoms with E-state index in [0.717, 1.165) is 21.3 Å². The standard InChI is InChI=1S/C21H20BrN3O3/c1-13-3-2-4-15-20(13)23-12-25(21(15)27)9-7-19(26)24-17-8-10-28-18-6-5-14(22)11-16(17)18/h2-6,11-12,17H,7-10H2,1H3,(H,24,26). The van der Waals surface area contributed by atoms with E-state index in [2.05, 4.69) is 26.2 Å². The van der Waals surface area contributed by atoms with Crippen molar-refractivity contribution < 1.29 is 9.53 Å². The van der Waals surface area contributed by atoms with Crippen molar-refractivity contribution in [2.75, 3.05) is 6.61 Å². The summed E-state index contributed by atoms with van der Waals surface area (Å²) in [7, 11) is 0. The third-order valence-electron chi connectivity index (χ3n) is 4.98. The van der Waals surface area contributed by atoms with Gasteiger partial charge in [0.25, 0.3) is 5.56 Å². The van der Waals surface area contributed by atoms with Crippen molar-refractivity contribution in [3.05, 3.63) is 68.7 Å². The van der Waals surface area contributed by atoms with Crippen molar-refractivity contribution in [3.8, 4) is 5.75 Å². The smallest absolute Gasteiger partial charge is 0.261 e. The molecule has 1 aliphatic heterocycles. The number of carbonyl (C=O) groups excluding carboxylic acids is 1. The third kappa shape index (κ3) is 3.67. The van der Waals surface area contributed by atoms with Crippen LogP contribution in [0.3, 0.4) is 0 Å². The van der Waals surface area contributed by atoms with Crippen molar-refractivity contribution in [1.82, 2.24) is 14.9 Å². The summed E-state index contributed by atoms with van der Waals surface area (Å²) in [6.45, 7) is 2.78. The third-order valence-corrected chi connectivity index (χ3v) is 5.47. The van der Waals surface area contributed by atoms with Crippen LogP contribution in [0.15, 0.2) is 52.0 Å². The summed E-state index contributed by atoms with van der Waals surface area (Å²) in [4.78, 5) is 29.5. The van der Waals surface area contributed by atoms with Gasteiger partial charge >= 0.3 is 0 Å². The maximum absolute atomic E-state index is 12.7. The molecule has 0 bridgehead atoms. The van der Waals surface area contributed by atoms with Crippen molar-refractivity contribution in [3.63, 3.8) is 0 Å². The molecule has 6 nitrogen and oxygen atoms in total. The summed E-state index contributed by atoms with van der Waals surface area (Å²) in [5.74, 6) is 0.694. The predicted octanol–water partition coefficient (Wildman–Crippen LogP) is 3.50. The maximum Gasteiger partial charge on any atom is 0.261 e. The first-order valence-corrected chi connectivity index (χ1v) is 9.98. The van der Waals surface area contributed by atoms with Crippen LogP contribution in [-0.4, -0.2) is 22.1 Å². The fourth-order valence-electron chi connectivity index (χ4n) is 3.50. The van der Waals surface area contributed by atoms with Gasteiger partial charge in [-0.1, -0.05) is 28.1 Å². The monoisotopic (exact) mass is 441 g/mol. The van der Waals surface area contributed by atoms with Crippen LogP contribution < -0.4 is 15.6 Å². The van der Waals surface area contributed by atoms with E-state index in [1.165, 1.54) is 10.9 Å². The zero-order valence-electron chi connectivity index (χ0n) is 15.4. The van der Waals surface area contributed by atoms with Crippen LogP contribution in [-0.2, 0) is 11.3 Å². The van der Waals surface area contributed by atoms with Crippen molar-refractivity contribution >= 4 is 32.7 Å². The Labute approximate surface area is 170 Å². The lowest BCUT2D eigenvalue weighted by Gasteiger charge is -2.27. The molecule has 0 saturated carbocycles. The van der Waals surface area contributed by atoms with Crippen molar-refractivity contribution in [1.29, 1.82) is 0 Å². The summed E-state index contributed by atoms with van der Waals surface area (Å²) in [6, 6.07) is 11.2. The van der Waals surface area contributed by atoms with Gasteiger partial charge in [0.05, 0.1) is 29.9 Å². The van der Waals surface area contributed by atoms with Crippen molar-refractivity contribution in [2.24, 2.45) is 0 Å². The molecule has 7 heteroatoms. The number of hydrogen-bond donors (Lipinski definition) is 1. The molecule has 1 unspecified atom stereocenters. The number of rotatable bonds is 4. The number of halogens is 1. The van der Waals surface area contributed by atoms with Crippen LogP contribution in [0.25, 0.3) is 10.9 Å². The highest BCUT2D eigenvalue weighted by Crippen LogP contribution is 2.34. The van der Waals surface area contributed by atoms with Crippen molar-refractivity contribution in [2.45, 2.75) is 32.4 Å². The number of para-hydroxylation sites is 1. The van der Waals surface area contributed by atoms with Crippen LogP contribution in [0.1, 0.15) is 30.0 Å². The zero-order valence-corrected chi connectivity index (χ0v) is 17.0. The molecule has 0 saturated heterocycles. The minimum absolute atomic E-state index is 0.0946. The zero-order chi connectivity index (χ0) is 19.7. The molecule has 0 spiro atoms. The molecule has 0 aliphatic carbocycles. The van der Waals surface area contributed by atoms with E-state index in [0.29, 0.717) is 23.9 Å². The summed E-state index contributed by atoms with van der Waals surface area (Å²) in [6.07, 6.45) is 2.44. The first-order valence-electron chi connectivity index (χ1n) is 9.19. The average Bonchev–Trinajstić information content (AvgIpc) is 2.68. The number of carbonyl (C=O) groups is 1. The number of benzene rings is 2. The fourth-order valence-corrected chi connectivity index (χ4v) is 3.88. The van der Waals surface area contributed by atoms with Gasteiger partial charge in [-0.2, -0.15) is 0 Å². The van der Waals surface area contributed by atoms with Crippen LogP contribution in [0.2, 0.25) is 0 Å². The molecule has 2 aromatic carbocycles. The fraction of sp³-hybridized carbons (Fsp3) is 0.286. The molecule has 1 aliphatic rings. The average molecular weight is 442 g/mol. The number of aromatic nitrogens is 2. The first-order chi connectivity index (χ1) is 13.5. The Bertz CT molecular complexity index is 1110. The van der Waals surface area contributed by atoms with E-state index >= 15 is 0 Å². The molecule has 2 heterocycles. The lowest BCUT2D eigenvalue weighted by molar-refractivity contribution is -0.122. The Balaban J connectivity index is 1.46. The molecule has 4 rings (SSSR count). The molecule has 1 aromatic heterocycles. The van der Waals surface area contributed by atoms with E-state index in [1.54, 1.807) is 6.07 Å². The summed E-state index contributed by atoms with van der Waals surface area (Å²) < 4.78 is 8.10. The lowest BCUT2D eigenvalue weighted by atomic mass is 10.0. The molecule has 28 heavy (non-hydrogen) atoms. The molecule has 1 atom stereocenters. The van der Waals surface area contributed by atoms with E-state index in [1.807, 2.05) is 37.3 Å². The van der Waals surface area contributed by atoms with Gasteiger partial charge < -0.3 is 10.1 Å². The molecular formula is C21H20BrN3O3. The topological polar surface area (TPSA) is 73.2 Å². The van der Waals surface area contributed by atoms with Gasteiger partial charge in [0.15, 0.2) is 0 Å². The molecular weight excluding hydrogens is 422 g/mol. The highest BCUT2D eigenvalue weighted by Gasteiger charge is 2.23. The van der Waals surface area contributed by atoms with Gasteiger partial charge in [0.1, 0.15) is 5.75 Å². The quantitative estimate of drug-likeness (QED) is 0.672. The molecule has 1 N–H and O–H groups in total. The van der Waals surface area contributed by atoms with Gasteiger partial charge in [-0.15, -0.1) is 0 Å². The largest absolute Gasteiger partial charge is 0.493 e. The summed E-state index contributed by atoms with van der Waals surface area (Å²) >= 11 is 3.46. The van der Waals surface area contributed by atoms with E-state index in [4.69, 9.17) is 4.74 Å². The molecule has 3 aromatic rings. The van der Waals surface area contributed by atoms with Crippen LogP contribution >= 0.6 is 15.9 Å². The van der Waals surface area contributed by atoms with E-state index < -0.39 is 0 Å². The SMILES string of the molecule is Cc1cccc2c(=O)n(CCC(=O)NC3CCOc4ccc(Br)cc43)cnc12. The second-order valence-corrected chi connectivity index (χ2v) is 7.82. The van der Waals surface area contributed by atoms with Gasteiger partial charge in [-0.25, -0.2) is 4.98 Å². The highest BCUT2D eigenvalue weighted by molar-refractivity contribution is 9.10. The molecule has 1 amide bonds. The summed E-state index contributed by atoms with van der Waals surface area (Å²) in [5.41, 5.74) is 2.51.